The predicted molar refractivity (Wildman–Crippen MR) is 60.8 cm³/mol. The monoisotopic (exact) mass is 220 g/mol. The number of carbonyl (C=O) groups excluding carboxylic acids is 1. The van der Waals surface area contributed by atoms with Gasteiger partial charge in [0.2, 0.25) is 0 Å². The molecule has 0 radical (unpaired) electrons. The van der Waals surface area contributed by atoms with Gasteiger partial charge >= 0.3 is 0 Å². The molecule has 1 aromatic rings. The van der Waals surface area contributed by atoms with Gasteiger partial charge in [-0.2, -0.15) is 0 Å². The van der Waals surface area contributed by atoms with Crippen molar-refractivity contribution >= 4 is 5.78 Å². The molecule has 0 amide bonds. The SMILES string of the molecule is CCC(CO)C(=O)c1ccc2c(c1)CCO2. The van der Waals surface area contributed by atoms with E-state index in [1.54, 1.807) is 6.07 Å². The highest BCUT2D eigenvalue weighted by molar-refractivity contribution is 5.98. The Bertz CT molecular complexity index is 394. The first-order valence-electron chi connectivity index (χ1n) is 5.67. The van der Waals surface area contributed by atoms with Gasteiger partial charge in [-0.25, -0.2) is 0 Å². The van der Waals surface area contributed by atoms with Crippen LogP contribution in [0, 0.1) is 5.92 Å². The Hall–Kier alpha value is -1.35. The molecule has 3 nitrogen and oxygen atoms in total. The van der Waals surface area contributed by atoms with Crippen molar-refractivity contribution in [2.24, 2.45) is 5.92 Å². The molecule has 0 fully saturated rings. The molecule has 1 aromatic carbocycles. The number of aliphatic hydroxyl groups excluding tert-OH is 1. The molecule has 1 aliphatic heterocycles. The largest absolute Gasteiger partial charge is 0.493 e. The zero-order valence-corrected chi connectivity index (χ0v) is 9.40. The third-order valence-corrected chi connectivity index (χ3v) is 3.06. The number of Topliss-reactive ketones (excluding diaryl/α,β-unsaturated/α-hetero) is 1. The summed E-state index contributed by atoms with van der Waals surface area (Å²) in [5.74, 6) is 0.633. The van der Waals surface area contributed by atoms with Crippen molar-refractivity contribution < 1.29 is 14.6 Å². The number of hydrogen-bond acceptors (Lipinski definition) is 3. The summed E-state index contributed by atoms with van der Waals surface area (Å²) in [7, 11) is 0. The molecule has 86 valence electrons. The van der Waals surface area contributed by atoms with Gasteiger partial charge in [0.25, 0.3) is 0 Å². The average molecular weight is 220 g/mol. The molecule has 1 unspecified atom stereocenters. The van der Waals surface area contributed by atoms with E-state index < -0.39 is 0 Å². The van der Waals surface area contributed by atoms with Crippen molar-refractivity contribution in [3.8, 4) is 5.75 Å². The Morgan fingerprint density at radius 3 is 3.06 bits per heavy atom. The predicted octanol–water partition coefficient (Wildman–Crippen LogP) is 1.82. The van der Waals surface area contributed by atoms with Crippen LogP contribution in [0.25, 0.3) is 0 Å². The van der Waals surface area contributed by atoms with Crippen LogP contribution in [0.5, 0.6) is 5.75 Å². The van der Waals surface area contributed by atoms with Gasteiger partial charge < -0.3 is 9.84 Å². The minimum Gasteiger partial charge on any atom is -0.493 e. The third kappa shape index (κ3) is 1.95. The second kappa shape index (κ2) is 4.66. The smallest absolute Gasteiger partial charge is 0.168 e. The van der Waals surface area contributed by atoms with E-state index >= 15 is 0 Å². The van der Waals surface area contributed by atoms with Crippen LogP contribution in [0.1, 0.15) is 29.3 Å². The number of benzene rings is 1. The first-order valence-corrected chi connectivity index (χ1v) is 5.67. The Morgan fingerprint density at radius 1 is 1.56 bits per heavy atom. The van der Waals surface area contributed by atoms with Gasteiger partial charge in [0.1, 0.15) is 5.75 Å². The van der Waals surface area contributed by atoms with Crippen LogP contribution in [-0.2, 0) is 6.42 Å². The lowest BCUT2D eigenvalue weighted by Crippen LogP contribution is -2.17. The highest BCUT2D eigenvalue weighted by Crippen LogP contribution is 2.27. The van der Waals surface area contributed by atoms with Gasteiger partial charge in [-0.3, -0.25) is 4.79 Å². The van der Waals surface area contributed by atoms with E-state index in [0.717, 1.165) is 17.7 Å². The summed E-state index contributed by atoms with van der Waals surface area (Å²) in [5, 5.41) is 9.11. The molecule has 0 aromatic heterocycles. The van der Waals surface area contributed by atoms with Gasteiger partial charge in [-0.1, -0.05) is 6.92 Å². The number of fused-ring (bicyclic) bond motifs is 1. The van der Waals surface area contributed by atoms with Crippen molar-refractivity contribution in [3.63, 3.8) is 0 Å². The topological polar surface area (TPSA) is 46.5 Å². The summed E-state index contributed by atoms with van der Waals surface area (Å²) in [6, 6.07) is 5.52. The van der Waals surface area contributed by atoms with Gasteiger partial charge in [0, 0.05) is 17.9 Å². The first kappa shape index (κ1) is 11.1. The van der Waals surface area contributed by atoms with Crippen LogP contribution in [-0.4, -0.2) is 24.1 Å². The number of carbonyl (C=O) groups is 1. The van der Waals surface area contributed by atoms with Crippen LogP contribution in [0.2, 0.25) is 0 Å². The molecule has 1 atom stereocenters. The Balaban J connectivity index is 2.24. The van der Waals surface area contributed by atoms with Crippen LogP contribution in [0.15, 0.2) is 18.2 Å². The Labute approximate surface area is 95.0 Å². The van der Waals surface area contributed by atoms with Crippen LogP contribution in [0.3, 0.4) is 0 Å². The van der Waals surface area contributed by atoms with Crippen molar-refractivity contribution in [2.75, 3.05) is 13.2 Å². The van der Waals surface area contributed by atoms with E-state index in [-0.39, 0.29) is 18.3 Å². The van der Waals surface area contributed by atoms with E-state index in [1.165, 1.54) is 0 Å². The average Bonchev–Trinajstić information content (AvgIpc) is 2.77. The van der Waals surface area contributed by atoms with Crippen LogP contribution in [0.4, 0.5) is 0 Å². The fraction of sp³-hybridized carbons (Fsp3) is 0.462. The van der Waals surface area contributed by atoms with Crippen molar-refractivity contribution in [3.05, 3.63) is 29.3 Å². The lowest BCUT2D eigenvalue weighted by Gasteiger charge is -2.10. The van der Waals surface area contributed by atoms with Gasteiger partial charge in [0.15, 0.2) is 5.78 Å². The van der Waals surface area contributed by atoms with E-state index in [2.05, 4.69) is 0 Å². The summed E-state index contributed by atoms with van der Waals surface area (Å²) < 4.78 is 5.39. The summed E-state index contributed by atoms with van der Waals surface area (Å²) >= 11 is 0. The Morgan fingerprint density at radius 2 is 2.38 bits per heavy atom. The molecule has 0 saturated heterocycles. The summed E-state index contributed by atoms with van der Waals surface area (Å²) in [4.78, 5) is 12.0. The molecule has 0 spiro atoms. The van der Waals surface area contributed by atoms with Crippen molar-refractivity contribution in [2.45, 2.75) is 19.8 Å². The Kier molecular flexibility index (Phi) is 3.25. The molecule has 1 heterocycles. The third-order valence-electron chi connectivity index (χ3n) is 3.06. The quantitative estimate of drug-likeness (QED) is 0.787. The number of ether oxygens (including phenoxy) is 1. The molecule has 0 saturated carbocycles. The van der Waals surface area contributed by atoms with E-state index in [1.807, 2.05) is 19.1 Å². The molecule has 16 heavy (non-hydrogen) atoms. The number of rotatable bonds is 4. The molecular weight excluding hydrogens is 204 g/mol. The van der Waals surface area contributed by atoms with Gasteiger partial charge in [0.05, 0.1) is 13.2 Å². The van der Waals surface area contributed by atoms with Crippen LogP contribution < -0.4 is 4.74 Å². The maximum Gasteiger partial charge on any atom is 0.168 e. The second-order valence-corrected chi connectivity index (χ2v) is 4.07. The lowest BCUT2D eigenvalue weighted by molar-refractivity contribution is 0.0856. The summed E-state index contributed by atoms with van der Waals surface area (Å²) in [6.07, 6.45) is 1.54. The second-order valence-electron chi connectivity index (χ2n) is 4.07. The van der Waals surface area contributed by atoms with Crippen molar-refractivity contribution in [1.29, 1.82) is 0 Å². The fourth-order valence-electron chi connectivity index (χ4n) is 1.97. The van der Waals surface area contributed by atoms with E-state index in [0.29, 0.717) is 18.6 Å². The highest BCUT2D eigenvalue weighted by atomic mass is 16.5. The van der Waals surface area contributed by atoms with Gasteiger partial charge in [-0.15, -0.1) is 0 Å². The molecule has 0 bridgehead atoms. The van der Waals surface area contributed by atoms with E-state index in [4.69, 9.17) is 9.84 Å². The maximum atomic E-state index is 12.0. The van der Waals surface area contributed by atoms with Crippen LogP contribution >= 0.6 is 0 Å². The summed E-state index contributed by atoms with van der Waals surface area (Å²) in [6.45, 7) is 2.53. The number of ketones is 1. The summed E-state index contributed by atoms with van der Waals surface area (Å²) in [5.41, 5.74) is 1.78. The minimum absolute atomic E-state index is 0.0275. The number of aliphatic hydroxyl groups is 1. The zero-order chi connectivity index (χ0) is 11.5. The molecular formula is C13H16O3. The normalized spacial score (nSPS) is 15.4. The highest BCUT2D eigenvalue weighted by Gasteiger charge is 2.20. The molecule has 2 rings (SSSR count). The van der Waals surface area contributed by atoms with Gasteiger partial charge in [-0.05, 0) is 30.2 Å². The zero-order valence-electron chi connectivity index (χ0n) is 9.40. The maximum absolute atomic E-state index is 12.0. The number of hydrogen-bond donors (Lipinski definition) is 1. The molecule has 3 heteroatoms. The molecule has 1 aliphatic rings. The lowest BCUT2D eigenvalue weighted by atomic mass is 9.94. The standard InChI is InChI=1S/C13H16O3/c1-2-9(8-14)13(15)11-3-4-12-10(7-11)5-6-16-12/h3-4,7,9,14H,2,5-6,8H2,1H3. The first-order chi connectivity index (χ1) is 7.76. The molecule has 1 N–H and O–H groups in total. The minimum atomic E-state index is -0.277. The fourth-order valence-corrected chi connectivity index (χ4v) is 1.97. The van der Waals surface area contributed by atoms with Crippen molar-refractivity contribution in [1.82, 2.24) is 0 Å². The van der Waals surface area contributed by atoms with E-state index in [9.17, 15) is 4.79 Å². The molecule has 0 aliphatic carbocycles.